The molecule has 0 fully saturated rings. The molecule has 0 saturated heterocycles. The highest BCUT2D eigenvalue weighted by molar-refractivity contribution is 6.34. The Morgan fingerprint density at radius 2 is 2.05 bits per heavy atom. The zero-order valence-corrected chi connectivity index (χ0v) is 12.4. The molecule has 4 nitrogen and oxygen atoms in total. The fourth-order valence-electron chi connectivity index (χ4n) is 1.92. The predicted molar refractivity (Wildman–Crippen MR) is 82.9 cm³/mol. The second-order valence-electron chi connectivity index (χ2n) is 4.35. The van der Waals surface area contributed by atoms with Crippen molar-refractivity contribution in [2.45, 2.75) is 13.5 Å². The van der Waals surface area contributed by atoms with Gasteiger partial charge in [-0.05, 0) is 37.3 Å². The molecule has 0 bridgehead atoms. The third-order valence-corrected chi connectivity index (χ3v) is 3.24. The van der Waals surface area contributed by atoms with E-state index in [9.17, 15) is 9.90 Å². The third kappa shape index (κ3) is 3.74. The first-order valence-corrected chi connectivity index (χ1v) is 6.96. The maximum Gasteiger partial charge on any atom is 0.257 e. The Bertz CT molecular complexity index is 643. The van der Waals surface area contributed by atoms with Crippen LogP contribution >= 0.6 is 11.6 Å². The minimum Gasteiger partial charge on any atom is -0.494 e. The Morgan fingerprint density at radius 1 is 1.29 bits per heavy atom. The Balaban J connectivity index is 2.20. The van der Waals surface area contributed by atoms with Gasteiger partial charge in [0.05, 0.1) is 23.8 Å². The number of carbonyl (C=O) groups excluding carboxylic acids is 1. The first-order valence-electron chi connectivity index (χ1n) is 6.58. The molecule has 0 heterocycles. The fourth-order valence-corrected chi connectivity index (χ4v) is 2.14. The quantitative estimate of drug-likeness (QED) is 0.889. The molecule has 0 aliphatic rings. The molecular weight excluding hydrogens is 290 g/mol. The maximum atomic E-state index is 12.2. The maximum absolute atomic E-state index is 12.2. The summed E-state index contributed by atoms with van der Waals surface area (Å²) in [4.78, 5) is 12.2. The van der Waals surface area contributed by atoms with Crippen LogP contribution in [0, 0.1) is 0 Å². The molecule has 0 spiro atoms. The zero-order valence-electron chi connectivity index (χ0n) is 11.6. The number of benzene rings is 2. The average Bonchev–Trinajstić information content (AvgIpc) is 2.49. The number of hydrogen-bond donors (Lipinski definition) is 2. The van der Waals surface area contributed by atoms with Crippen molar-refractivity contribution < 1.29 is 14.6 Å². The SMILES string of the molecule is CCOc1ccc(NC(=O)c2ccccc2Cl)cc1CO. The summed E-state index contributed by atoms with van der Waals surface area (Å²) >= 11 is 5.99. The summed E-state index contributed by atoms with van der Waals surface area (Å²) in [6.07, 6.45) is 0. The number of halogens is 1. The molecule has 2 aromatic carbocycles. The average molecular weight is 306 g/mol. The fraction of sp³-hybridized carbons (Fsp3) is 0.188. The van der Waals surface area contributed by atoms with E-state index >= 15 is 0 Å². The van der Waals surface area contributed by atoms with E-state index in [-0.39, 0.29) is 12.5 Å². The van der Waals surface area contributed by atoms with Crippen LogP contribution in [0.5, 0.6) is 5.75 Å². The van der Waals surface area contributed by atoms with Crippen molar-refractivity contribution in [3.8, 4) is 5.75 Å². The summed E-state index contributed by atoms with van der Waals surface area (Å²) in [6.45, 7) is 2.22. The lowest BCUT2D eigenvalue weighted by atomic mass is 10.1. The highest BCUT2D eigenvalue weighted by Crippen LogP contribution is 2.24. The van der Waals surface area contributed by atoms with Crippen LogP contribution in [0.25, 0.3) is 0 Å². The van der Waals surface area contributed by atoms with Crippen molar-refractivity contribution in [3.05, 3.63) is 58.6 Å². The number of aliphatic hydroxyl groups is 1. The largest absolute Gasteiger partial charge is 0.494 e. The molecule has 0 aliphatic heterocycles. The standard InChI is InChI=1S/C16H16ClNO3/c1-2-21-15-8-7-12(9-11(15)10-19)18-16(20)13-5-3-4-6-14(13)17/h3-9,19H,2,10H2,1H3,(H,18,20). The number of aliphatic hydroxyl groups excluding tert-OH is 1. The molecule has 0 aromatic heterocycles. The van der Waals surface area contributed by atoms with Crippen molar-refractivity contribution in [1.29, 1.82) is 0 Å². The Hall–Kier alpha value is -2.04. The molecule has 2 N–H and O–H groups in total. The minimum absolute atomic E-state index is 0.162. The smallest absolute Gasteiger partial charge is 0.257 e. The van der Waals surface area contributed by atoms with Gasteiger partial charge in [-0.3, -0.25) is 4.79 Å². The van der Waals surface area contributed by atoms with E-state index in [0.717, 1.165) is 0 Å². The predicted octanol–water partition coefficient (Wildman–Crippen LogP) is 3.48. The number of ether oxygens (including phenoxy) is 1. The number of hydrogen-bond acceptors (Lipinski definition) is 3. The first kappa shape index (κ1) is 15.4. The first-order chi connectivity index (χ1) is 10.2. The monoisotopic (exact) mass is 305 g/mol. The van der Waals surface area contributed by atoms with Gasteiger partial charge in [-0.25, -0.2) is 0 Å². The zero-order chi connectivity index (χ0) is 15.2. The molecule has 2 rings (SSSR count). The number of carbonyl (C=O) groups is 1. The van der Waals surface area contributed by atoms with Crippen molar-refractivity contribution >= 4 is 23.2 Å². The minimum atomic E-state index is -0.298. The van der Waals surface area contributed by atoms with E-state index in [1.165, 1.54) is 0 Å². The van der Waals surface area contributed by atoms with Gasteiger partial charge in [0, 0.05) is 11.3 Å². The molecule has 5 heteroatoms. The van der Waals surface area contributed by atoms with Gasteiger partial charge in [0.15, 0.2) is 0 Å². The number of amides is 1. The Labute approximate surface area is 128 Å². The van der Waals surface area contributed by atoms with Crippen LogP contribution in [-0.2, 0) is 6.61 Å². The molecule has 0 radical (unpaired) electrons. The van der Waals surface area contributed by atoms with Gasteiger partial charge in [-0.2, -0.15) is 0 Å². The van der Waals surface area contributed by atoms with E-state index in [1.54, 1.807) is 42.5 Å². The topological polar surface area (TPSA) is 58.6 Å². The molecule has 0 unspecified atom stereocenters. The second-order valence-corrected chi connectivity index (χ2v) is 4.75. The lowest BCUT2D eigenvalue weighted by Crippen LogP contribution is -2.12. The number of nitrogens with one attached hydrogen (secondary N) is 1. The number of rotatable bonds is 5. The van der Waals surface area contributed by atoms with Gasteiger partial charge in [-0.15, -0.1) is 0 Å². The highest BCUT2D eigenvalue weighted by atomic mass is 35.5. The summed E-state index contributed by atoms with van der Waals surface area (Å²) in [5.41, 5.74) is 1.60. The molecule has 1 amide bonds. The van der Waals surface area contributed by atoms with Gasteiger partial charge >= 0.3 is 0 Å². The van der Waals surface area contributed by atoms with E-state index in [4.69, 9.17) is 16.3 Å². The van der Waals surface area contributed by atoms with Crippen molar-refractivity contribution in [3.63, 3.8) is 0 Å². The van der Waals surface area contributed by atoms with Crippen LogP contribution in [0.15, 0.2) is 42.5 Å². The Morgan fingerprint density at radius 3 is 2.71 bits per heavy atom. The van der Waals surface area contributed by atoms with Gasteiger partial charge in [0.25, 0.3) is 5.91 Å². The molecular formula is C16H16ClNO3. The molecule has 0 saturated carbocycles. The van der Waals surface area contributed by atoms with Crippen LogP contribution in [0.2, 0.25) is 5.02 Å². The van der Waals surface area contributed by atoms with Crippen molar-refractivity contribution in [2.75, 3.05) is 11.9 Å². The Kier molecular flexibility index (Phi) is 5.20. The molecule has 110 valence electrons. The second kappa shape index (κ2) is 7.11. The summed E-state index contributed by atoms with van der Waals surface area (Å²) in [7, 11) is 0. The highest BCUT2D eigenvalue weighted by Gasteiger charge is 2.11. The van der Waals surface area contributed by atoms with Crippen LogP contribution < -0.4 is 10.1 Å². The van der Waals surface area contributed by atoms with Gasteiger partial charge in [0.1, 0.15) is 5.75 Å². The van der Waals surface area contributed by atoms with Gasteiger partial charge in [-0.1, -0.05) is 23.7 Å². The van der Waals surface area contributed by atoms with Crippen LogP contribution in [-0.4, -0.2) is 17.6 Å². The summed E-state index contributed by atoms with van der Waals surface area (Å²) in [5, 5.41) is 12.5. The lowest BCUT2D eigenvalue weighted by molar-refractivity contribution is 0.102. The van der Waals surface area contributed by atoms with Gasteiger partial charge in [0.2, 0.25) is 0 Å². The third-order valence-electron chi connectivity index (χ3n) is 2.91. The molecule has 21 heavy (non-hydrogen) atoms. The van der Waals surface area contributed by atoms with Crippen LogP contribution in [0.1, 0.15) is 22.8 Å². The van der Waals surface area contributed by atoms with Crippen LogP contribution in [0.3, 0.4) is 0 Å². The summed E-state index contributed by atoms with van der Waals surface area (Å²) in [6, 6.07) is 11.9. The van der Waals surface area contributed by atoms with Gasteiger partial charge < -0.3 is 15.2 Å². The lowest BCUT2D eigenvalue weighted by Gasteiger charge is -2.11. The van der Waals surface area contributed by atoms with E-state index < -0.39 is 0 Å². The van der Waals surface area contributed by atoms with Crippen molar-refractivity contribution in [1.82, 2.24) is 0 Å². The van der Waals surface area contributed by atoms with Crippen LogP contribution in [0.4, 0.5) is 5.69 Å². The van der Waals surface area contributed by atoms with E-state index in [2.05, 4.69) is 5.32 Å². The van der Waals surface area contributed by atoms with E-state index in [1.807, 2.05) is 6.92 Å². The molecule has 2 aromatic rings. The van der Waals surface area contributed by atoms with E-state index in [0.29, 0.717) is 34.2 Å². The summed E-state index contributed by atoms with van der Waals surface area (Å²) in [5.74, 6) is 0.310. The molecule has 0 aliphatic carbocycles. The number of anilines is 1. The molecule has 0 atom stereocenters. The van der Waals surface area contributed by atoms with Crippen molar-refractivity contribution in [2.24, 2.45) is 0 Å². The normalized spacial score (nSPS) is 10.2. The summed E-state index contributed by atoms with van der Waals surface area (Å²) < 4.78 is 5.40.